The smallest absolute Gasteiger partial charge is 0.135 e. The second kappa shape index (κ2) is 6.35. The van der Waals surface area contributed by atoms with E-state index in [2.05, 4.69) is 48.0 Å². The third kappa shape index (κ3) is 2.63. The number of H-pyrrole nitrogens is 2. The molecule has 0 saturated carbocycles. The standard InChI is InChI=1S/C22H14N6S/c1-2-18-21(26-17(1)13-3-6-23-7-4-13)22(28-27-18)19-9-15-16(14-5-8-29-12-14)10-24-11-20(15)25-19/h1-12,25H,(H,27,28). The van der Waals surface area contributed by atoms with E-state index in [1.54, 1.807) is 23.7 Å². The monoisotopic (exact) mass is 394 g/mol. The Morgan fingerprint density at radius 3 is 2.66 bits per heavy atom. The Morgan fingerprint density at radius 2 is 1.79 bits per heavy atom. The summed E-state index contributed by atoms with van der Waals surface area (Å²) >= 11 is 1.68. The maximum Gasteiger partial charge on any atom is 0.135 e. The van der Waals surface area contributed by atoms with Crippen LogP contribution in [0.5, 0.6) is 0 Å². The Kier molecular flexibility index (Phi) is 3.54. The van der Waals surface area contributed by atoms with Gasteiger partial charge in [-0.25, -0.2) is 4.98 Å². The number of hydrogen-bond acceptors (Lipinski definition) is 5. The van der Waals surface area contributed by atoms with Crippen molar-refractivity contribution in [3.63, 3.8) is 0 Å². The number of nitrogens with one attached hydrogen (secondary N) is 2. The van der Waals surface area contributed by atoms with Crippen LogP contribution in [-0.2, 0) is 0 Å². The first-order valence-electron chi connectivity index (χ1n) is 9.12. The molecule has 6 heterocycles. The summed E-state index contributed by atoms with van der Waals surface area (Å²) in [6, 6.07) is 12.1. The van der Waals surface area contributed by atoms with Crippen molar-refractivity contribution in [1.82, 2.24) is 30.1 Å². The normalized spacial score (nSPS) is 11.4. The summed E-state index contributed by atoms with van der Waals surface area (Å²) in [6.45, 7) is 0. The van der Waals surface area contributed by atoms with Crippen LogP contribution < -0.4 is 0 Å². The summed E-state index contributed by atoms with van der Waals surface area (Å²) in [5.74, 6) is 0. The maximum atomic E-state index is 4.87. The van der Waals surface area contributed by atoms with Crippen molar-refractivity contribution in [3.8, 4) is 33.8 Å². The van der Waals surface area contributed by atoms with Crippen LogP contribution in [0, 0.1) is 0 Å². The average Bonchev–Trinajstić information content (AvgIpc) is 3.52. The maximum absolute atomic E-state index is 4.87. The van der Waals surface area contributed by atoms with Crippen LogP contribution in [0.15, 0.2) is 71.9 Å². The predicted octanol–water partition coefficient (Wildman–Crippen LogP) is 5.29. The molecule has 0 fully saturated rings. The Balaban J connectivity index is 1.53. The minimum atomic E-state index is 0.795. The molecule has 6 rings (SSSR count). The molecule has 7 heteroatoms. The van der Waals surface area contributed by atoms with Gasteiger partial charge in [0.2, 0.25) is 0 Å². The van der Waals surface area contributed by atoms with Crippen LogP contribution in [-0.4, -0.2) is 30.1 Å². The van der Waals surface area contributed by atoms with Crippen molar-refractivity contribution in [2.24, 2.45) is 0 Å². The molecule has 0 radical (unpaired) electrons. The number of aromatic amines is 2. The van der Waals surface area contributed by atoms with Gasteiger partial charge in [-0.2, -0.15) is 16.4 Å². The summed E-state index contributed by atoms with van der Waals surface area (Å²) in [5, 5.41) is 13.0. The molecule has 6 aromatic heterocycles. The van der Waals surface area contributed by atoms with Crippen molar-refractivity contribution in [2.75, 3.05) is 0 Å². The fraction of sp³-hybridized carbons (Fsp3) is 0. The first-order valence-corrected chi connectivity index (χ1v) is 10.1. The molecule has 0 aliphatic rings. The van der Waals surface area contributed by atoms with Gasteiger partial charge in [-0.1, -0.05) is 0 Å². The van der Waals surface area contributed by atoms with E-state index in [1.807, 2.05) is 36.7 Å². The number of pyridine rings is 3. The fourth-order valence-electron chi connectivity index (χ4n) is 3.60. The largest absolute Gasteiger partial charge is 0.352 e. The summed E-state index contributed by atoms with van der Waals surface area (Å²) in [6.07, 6.45) is 7.30. The van der Waals surface area contributed by atoms with Crippen LogP contribution in [0.3, 0.4) is 0 Å². The second-order valence-corrected chi connectivity index (χ2v) is 7.52. The number of hydrogen-bond donors (Lipinski definition) is 2. The number of thiophene rings is 1. The van der Waals surface area contributed by atoms with E-state index in [9.17, 15) is 0 Å². The molecule has 0 spiro atoms. The number of rotatable bonds is 3. The van der Waals surface area contributed by atoms with E-state index in [1.165, 1.54) is 5.56 Å². The second-order valence-electron chi connectivity index (χ2n) is 6.74. The molecule has 0 bridgehead atoms. The minimum absolute atomic E-state index is 0.795. The Labute approximate surface area is 169 Å². The van der Waals surface area contributed by atoms with Gasteiger partial charge in [0.05, 0.1) is 28.6 Å². The zero-order chi connectivity index (χ0) is 19.2. The zero-order valence-corrected chi connectivity index (χ0v) is 15.9. The van der Waals surface area contributed by atoms with Crippen LogP contribution >= 0.6 is 11.3 Å². The van der Waals surface area contributed by atoms with Gasteiger partial charge >= 0.3 is 0 Å². The lowest BCUT2D eigenvalue weighted by atomic mass is 10.1. The molecule has 0 atom stereocenters. The SMILES string of the molecule is c1cc(-c2ccc3[nH]nc(-c4cc5c(-c6ccsc6)cncc5[nH]4)c3n2)ccn1. The fourth-order valence-corrected chi connectivity index (χ4v) is 4.25. The molecule has 0 aliphatic heterocycles. The van der Waals surface area contributed by atoms with Crippen molar-refractivity contribution >= 4 is 33.3 Å². The highest BCUT2D eigenvalue weighted by Gasteiger charge is 2.15. The molecule has 2 N–H and O–H groups in total. The average molecular weight is 394 g/mol. The van der Waals surface area contributed by atoms with Crippen LogP contribution in [0.25, 0.3) is 55.7 Å². The highest BCUT2D eigenvalue weighted by molar-refractivity contribution is 7.08. The number of aromatic nitrogens is 6. The predicted molar refractivity (Wildman–Crippen MR) is 116 cm³/mol. The van der Waals surface area contributed by atoms with Crippen molar-refractivity contribution in [1.29, 1.82) is 0 Å². The third-order valence-electron chi connectivity index (χ3n) is 5.02. The van der Waals surface area contributed by atoms with Gasteiger partial charge in [0, 0.05) is 35.1 Å². The first kappa shape index (κ1) is 16.1. The summed E-state index contributed by atoms with van der Waals surface area (Å²) < 4.78 is 0. The topological polar surface area (TPSA) is 83.1 Å². The third-order valence-corrected chi connectivity index (χ3v) is 5.70. The highest BCUT2D eigenvalue weighted by atomic mass is 32.1. The van der Waals surface area contributed by atoms with Crippen LogP contribution in [0.4, 0.5) is 0 Å². The molecule has 0 amide bonds. The molecular formula is C22H14N6S. The van der Waals surface area contributed by atoms with Crippen LogP contribution in [0.1, 0.15) is 0 Å². The van der Waals surface area contributed by atoms with Crippen molar-refractivity contribution in [2.45, 2.75) is 0 Å². The summed E-state index contributed by atoms with van der Waals surface area (Å²) in [7, 11) is 0. The van der Waals surface area contributed by atoms with Gasteiger partial charge in [-0.15, -0.1) is 0 Å². The highest BCUT2D eigenvalue weighted by Crippen LogP contribution is 2.34. The summed E-state index contributed by atoms with van der Waals surface area (Å²) in [5.41, 5.74) is 8.60. The van der Waals surface area contributed by atoms with E-state index in [0.29, 0.717) is 0 Å². The molecule has 0 unspecified atom stereocenters. The quantitative estimate of drug-likeness (QED) is 0.427. The van der Waals surface area contributed by atoms with E-state index >= 15 is 0 Å². The lowest BCUT2D eigenvalue weighted by molar-refractivity contribution is 1.12. The molecule has 29 heavy (non-hydrogen) atoms. The van der Waals surface area contributed by atoms with Gasteiger partial charge < -0.3 is 4.98 Å². The Morgan fingerprint density at radius 1 is 0.862 bits per heavy atom. The summed E-state index contributed by atoms with van der Waals surface area (Å²) in [4.78, 5) is 16.8. The molecule has 6 aromatic rings. The molecular weight excluding hydrogens is 380 g/mol. The van der Waals surface area contributed by atoms with E-state index in [4.69, 9.17) is 4.98 Å². The van der Waals surface area contributed by atoms with Crippen molar-refractivity contribution < 1.29 is 0 Å². The Bertz CT molecular complexity index is 1450. The lowest BCUT2D eigenvalue weighted by Crippen LogP contribution is -1.86. The molecule has 0 aliphatic carbocycles. The van der Waals surface area contributed by atoms with Gasteiger partial charge in [0.1, 0.15) is 11.2 Å². The molecule has 138 valence electrons. The first-order chi connectivity index (χ1) is 14.4. The number of fused-ring (bicyclic) bond motifs is 2. The van der Waals surface area contributed by atoms with Gasteiger partial charge in [-0.3, -0.25) is 15.1 Å². The van der Waals surface area contributed by atoms with E-state index in [-0.39, 0.29) is 0 Å². The minimum Gasteiger partial charge on any atom is -0.352 e. The Hall–Kier alpha value is -3.84. The van der Waals surface area contributed by atoms with E-state index in [0.717, 1.165) is 50.1 Å². The van der Waals surface area contributed by atoms with Crippen molar-refractivity contribution in [3.05, 3.63) is 71.9 Å². The molecule has 0 saturated heterocycles. The lowest BCUT2D eigenvalue weighted by Gasteiger charge is -2.00. The molecule has 0 aromatic carbocycles. The van der Waals surface area contributed by atoms with Gasteiger partial charge in [0.15, 0.2) is 0 Å². The van der Waals surface area contributed by atoms with E-state index < -0.39 is 0 Å². The zero-order valence-electron chi connectivity index (χ0n) is 15.1. The molecule has 6 nitrogen and oxygen atoms in total. The number of nitrogens with zero attached hydrogens (tertiary/aromatic N) is 4. The van der Waals surface area contributed by atoms with Crippen LogP contribution in [0.2, 0.25) is 0 Å². The van der Waals surface area contributed by atoms with Gasteiger partial charge in [0.25, 0.3) is 0 Å². The van der Waals surface area contributed by atoms with Gasteiger partial charge in [-0.05, 0) is 52.7 Å².